The highest BCUT2D eigenvalue weighted by Gasteiger charge is 2.22. The number of benzene rings is 1. The number of piperidine rings is 1. The molecule has 146 valence electrons. The van der Waals surface area contributed by atoms with Crippen molar-refractivity contribution in [2.75, 3.05) is 25.0 Å². The molecule has 2 aromatic heterocycles. The second kappa shape index (κ2) is 8.53. The number of carbonyl (C=O) groups is 1. The molecule has 1 amide bonds. The van der Waals surface area contributed by atoms with Crippen LogP contribution < -0.4 is 15.4 Å². The molecule has 3 aromatic rings. The molecule has 0 saturated carbocycles. The first-order chi connectivity index (χ1) is 13.7. The van der Waals surface area contributed by atoms with Crippen molar-refractivity contribution in [3.05, 3.63) is 53.3 Å². The molecule has 4 rings (SSSR count). The van der Waals surface area contributed by atoms with Crippen molar-refractivity contribution in [2.24, 2.45) is 0 Å². The Morgan fingerprint density at radius 1 is 1.32 bits per heavy atom. The molecule has 7 nitrogen and oxygen atoms in total. The number of rotatable bonds is 6. The largest absolute Gasteiger partial charge is 0.490 e. The number of hydrogen-bond acceptors (Lipinski definition) is 6. The number of carbonyl (C=O) groups excluding carboxylic acids is 1. The van der Waals surface area contributed by atoms with E-state index < -0.39 is 0 Å². The van der Waals surface area contributed by atoms with Gasteiger partial charge in [-0.25, -0.2) is 9.67 Å². The van der Waals surface area contributed by atoms with Gasteiger partial charge in [0.15, 0.2) is 16.6 Å². The first-order valence-electron chi connectivity index (χ1n) is 9.50. The third-order valence-corrected chi connectivity index (χ3v) is 5.78. The molecular formula is C20H23N5O2S. The van der Waals surface area contributed by atoms with E-state index in [1.165, 1.54) is 16.2 Å². The highest BCUT2D eigenvalue weighted by molar-refractivity contribution is 7.15. The molecule has 3 heterocycles. The van der Waals surface area contributed by atoms with Gasteiger partial charge in [0.25, 0.3) is 5.91 Å². The molecule has 0 spiro atoms. The van der Waals surface area contributed by atoms with Crippen molar-refractivity contribution >= 4 is 22.4 Å². The van der Waals surface area contributed by atoms with Crippen LogP contribution in [-0.4, -0.2) is 40.4 Å². The van der Waals surface area contributed by atoms with Gasteiger partial charge in [-0.3, -0.25) is 10.1 Å². The van der Waals surface area contributed by atoms with Crippen molar-refractivity contribution in [1.29, 1.82) is 0 Å². The molecule has 1 aliphatic rings. The molecule has 0 atom stereocenters. The topological polar surface area (TPSA) is 81.1 Å². The average Bonchev–Trinajstić information content (AvgIpc) is 3.37. The Balaban J connectivity index is 1.52. The van der Waals surface area contributed by atoms with Gasteiger partial charge in [0, 0.05) is 11.1 Å². The highest BCUT2D eigenvalue weighted by atomic mass is 32.1. The van der Waals surface area contributed by atoms with Gasteiger partial charge in [-0.2, -0.15) is 5.10 Å². The van der Waals surface area contributed by atoms with Crippen molar-refractivity contribution in [3.63, 3.8) is 0 Å². The normalized spacial score (nSPS) is 14.8. The van der Waals surface area contributed by atoms with E-state index in [1.807, 2.05) is 43.5 Å². The number of anilines is 1. The van der Waals surface area contributed by atoms with Crippen LogP contribution in [0, 0.1) is 0 Å². The maximum absolute atomic E-state index is 12.8. The predicted molar refractivity (Wildman–Crippen MR) is 110 cm³/mol. The van der Waals surface area contributed by atoms with Gasteiger partial charge >= 0.3 is 0 Å². The van der Waals surface area contributed by atoms with Crippen molar-refractivity contribution in [2.45, 2.75) is 25.7 Å². The Morgan fingerprint density at radius 2 is 2.11 bits per heavy atom. The molecule has 8 heteroatoms. The Hall–Kier alpha value is -2.71. The van der Waals surface area contributed by atoms with E-state index in [2.05, 4.69) is 20.7 Å². The lowest BCUT2D eigenvalue weighted by Gasteiger charge is -2.20. The molecule has 0 aliphatic carbocycles. The van der Waals surface area contributed by atoms with Gasteiger partial charge < -0.3 is 10.1 Å². The summed E-state index contributed by atoms with van der Waals surface area (Å²) in [7, 11) is 0. The summed E-state index contributed by atoms with van der Waals surface area (Å²) in [6.45, 7) is 4.39. The van der Waals surface area contributed by atoms with E-state index in [0.29, 0.717) is 23.4 Å². The van der Waals surface area contributed by atoms with Crippen molar-refractivity contribution in [1.82, 2.24) is 20.1 Å². The summed E-state index contributed by atoms with van der Waals surface area (Å²) >= 11 is 1.54. The maximum Gasteiger partial charge on any atom is 0.281 e. The smallest absolute Gasteiger partial charge is 0.281 e. The molecule has 28 heavy (non-hydrogen) atoms. The van der Waals surface area contributed by atoms with Crippen LogP contribution in [0.25, 0.3) is 5.69 Å². The second-order valence-corrected chi connectivity index (χ2v) is 7.66. The number of aromatic nitrogens is 3. The van der Waals surface area contributed by atoms with Crippen molar-refractivity contribution < 1.29 is 9.53 Å². The van der Waals surface area contributed by atoms with Crippen molar-refractivity contribution in [3.8, 4) is 11.4 Å². The van der Waals surface area contributed by atoms with Crippen LogP contribution in [0.2, 0.25) is 0 Å². The minimum Gasteiger partial charge on any atom is -0.490 e. The average molecular weight is 398 g/mol. The van der Waals surface area contributed by atoms with Crippen LogP contribution in [-0.2, 0) is 0 Å². The fourth-order valence-electron chi connectivity index (χ4n) is 3.29. The molecule has 1 saturated heterocycles. The molecular weight excluding hydrogens is 374 g/mol. The number of thiazole rings is 1. The zero-order valence-corrected chi connectivity index (χ0v) is 16.5. The summed E-state index contributed by atoms with van der Waals surface area (Å²) in [5.41, 5.74) is 1.12. The van der Waals surface area contributed by atoms with E-state index in [-0.39, 0.29) is 11.6 Å². The molecule has 1 fully saturated rings. The van der Waals surface area contributed by atoms with E-state index in [1.54, 1.807) is 10.9 Å². The van der Waals surface area contributed by atoms with E-state index in [4.69, 9.17) is 4.74 Å². The summed E-state index contributed by atoms with van der Waals surface area (Å²) in [5.74, 6) is 0.656. The number of hydrogen-bond donors (Lipinski definition) is 2. The summed E-state index contributed by atoms with van der Waals surface area (Å²) in [6, 6.07) is 9.64. The molecule has 0 bridgehead atoms. The van der Waals surface area contributed by atoms with E-state index in [0.717, 1.165) is 31.6 Å². The predicted octanol–water partition coefficient (Wildman–Crippen LogP) is 3.45. The van der Waals surface area contributed by atoms with Crippen LogP contribution >= 0.6 is 11.3 Å². The SMILES string of the molecule is CCOc1cn(-c2ccccc2)nc1C(=O)Nc1ncc(C2CCNCC2)s1. The molecule has 1 aliphatic heterocycles. The van der Waals surface area contributed by atoms with Crippen LogP contribution in [0.5, 0.6) is 5.75 Å². The van der Waals surface area contributed by atoms with Crippen LogP contribution in [0.3, 0.4) is 0 Å². The summed E-state index contributed by atoms with van der Waals surface area (Å²) in [4.78, 5) is 18.4. The van der Waals surface area contributed by atoms with Crippen LogP contribution in [0.4, 0.5) is 5.13 Å². The fraction of sp³-hybridized carbons (Fsp3) is 0.350. The zero-order chi connectivity index (χ0) is 19.3. The van der Waals surface area contributed by atoms with Gasteiger partial charge in [-0.1, -0.05) is 18.2 Å². The Kier molecular flexibility index (Phi) is 5.68. The molecule has 0 unspecified atom stereocenters. The standard InChI is InChI=1S/C20H23N5O2S/c1-2-27-16-13-25(15-6-4-3-5-7-15)24-18(16)19(26)23-20-22-12-17(28-20)14-8-10-21-11-9-14/h3-7,12-14,21H,2,8-11H2,1H3,(H,22,23,26). The minimum absolute atomic E-state index is 0.254. The summed E-state index contributed by atoms with van der Waals surface area (Å²) in [6.07, 6.45) is 5.81. The first kappa shape index (κ1) is 18.6. The Morgan fingerprint density at radius 3 is 2.86 bits per heavy atom. The lowest BCUT2D eigenvalue weighted by molar-refractivity contribution is 0.101. The second-order valence-electron chi connectivity index (χ2n) is 6.60. The Labute approximate surface area is 167 Å². The monoisotopic (exact) mass is 397 g/mol. The summed E-state index contributed by atoms with van der Waals surface area (Å²) < 4.78 is 7.29. The quantitative estimate of drug-likeness (QED) is 0.666. The zero-order valence-electron chi connectivity index (χ0n) is 15.7. The van der Waals surface area contributed by atoms with Gasteiger partial charge in [-0.15, -0.1) is 11.3 Å². The molecule has 1 aromatic carbocycles. The number of nitrogens with zero attached hydrogens (tertiary/aromatic N) is 3. The van der Waals surface area contributed by atoms with E-state index in [9.17, 15) is 4.79 Å². The summed E-state index contributed by atoms with van der Waals surface area (Å²) in [5, 5.41) is 11.3. The third-order valence-electron chi connectivity index (χ3n) is 4.70. The minimum atomic E-state index is -0.315. The van der Waals surface area contributed by atoms with E-state index >= 15 is 0 Å². The number of ether oxygens (including phenoxy) is 1. The van der Waals surface area contributed by atoms with Gasteiger partial charge in [0.1, 0.15) is 0 Å². The number of amides is 1. The lowest BCUT2D eigenvalue weighted by Crippen LogP contribution is -2.26. The highest BCUT2D eigenvalue weighted by Crippen LogP contribution is 2.32. The maximum atomic E-state index is 12.8. The number of para-hydroxylation sites is 1. The third kappa shape index (κ3) is 4.07. The van der Waals surface area contributed by atoms with Gasteiger partial charge in [0.2, 0.25) is 0 Å². The van der Waals surface area contributed by atoms with Gasteiger partial charge in [0.05, 0.1) is 18.5 Å². The van der Waals surface area contributed by atoms with Gasteiger partial charge in [-0.05, 0) is 50.9 Å². The lowest BCUT2D eigenvalue weighted by atomic mass is 9.97. The number of nitrogens with one attached hydrogen (secondary N) is 2. The molecule has 0 radical (unpaired) electrons. The first-order valence-corrected chi connectivity index (χ1v) is 10.3. The Bertz CT molecular complexity index is 931. The fourth-order valence-corrected chi connectivity index (χ4v) is 4.27. The van der Waals surface area contributed by atoms with Crippen LogP contribution in [0.1, 0.15) is 41.0 Å². The molecule has 2 N–H and O–H groups in total. The van der Waals surface area contributed by atoms with Crippen LogP contribution in [0.15, 0.2) is 42.7 Å².